The predicted octanol–water partition coefficient (Wildman–Crippen LogP) is -3.24. The second-order valence-corrected chi connectivity index (χ2v) is 6.05. The van der Waals surface area contributed by atoms with Gasteiger partial charge in [0.05, 0.1) is 12.5 Å². The lowest BCUT2D eigenvalue weighted by molar-refractivity contribution is -0.144. The average molecular weight is 418 g/mol. The summed E-state index contributed by atoms with van der Waals surface area (Å²) in [5.41, 5.74) is 15.8. The quantitative estimate of drug-likeness (QED) is 0.0789. The molecule has 164 valence electrons. The number of aliphatic carboxylic acids is 3. The van der Waals surface area contributed by atoms with E-state index in [0.29, 0.717) is 0 Å². The fourth-order valence-electron chi connectivity index (χ4n) is 2.13. The first kappa shape index (κ1) is 25.6. The topological polar surface area (TPSA) is 261 Å². The van der Waals surface area contributed by atoms with Crippen LogP contribution >= 0.6 is 0 Å². The zero-order chi connectivity index (χ0) is 22.6. The molecule has 0 rings (SSSR count). The van der Waals surface area contributed by atoms with E-state index in [9.17, 15) is 24.0 Å². The lowest BCUT2D eigenvalue weighted by Gasteiger charge is -2.22. The first-order chi connectivity index (χ1) is 13.4. The van der Waals surface area contributed by atoms with Crippen LogP contribution in [0.2, 0.25) is 0 Å². The molecule has 0 aliphatic heterocycles. The standard InChI is InChI=1S/C15H26N6O8/c16-7(6-11(24)25)12(26)20-8(2-1-5-19-15(17)18)13(27)21-9(14(28)29)3-4-10(22)23/h7-9H,1-6,16H2,(H,20,26)(H,21,27)(H,22,23)(H,24,25)(H,28,29)(H4,17,18,19). The molecule has 0 bridgehead atoms. The minimum Gasteiger partial charge on any atom is -0.481 e. The van der Waals surface area contributed by atoms with Crippen molar-refractivity contribution in [3.05, 3.63) is 0 Å². The van der Waals surface area contributed by atoms with Crippen molar-refractivity contribution in [1.82, 2.24) is 10.6 Å². The summed E-state index contributed by atoms with van der Waals surface area (Å²) in [6.45, 7) is 0.116. The monoisotopic (exact) mass is 418 g/mol. The molecule has 0 radical (unpaired) electrons. The van der Waals surface area contributed by atoms with E-state index in [-0.39, 0.29) is 31.8 Å². The number of nitrogens with one attached hydrogen (secondary N) is 2. The summed E-state index contributed by atoms with van der Waals surface area (Å²) in [5.74, 6) is -6.02. The largest absolute Gasteiger partial charge is 0.481 e. The molecule has 0 aromatic carbocycles. The molecule has 0 saturated heterocycles. The third-order valence-electron chi connectivity index (χ3n) is 3.57. The van der Waals surface area contributed by atoms with Gasteiger partial charge in [-0.1, -0.05) is 0 Å². The normalized spacial score (nSPS) is 13.4. The molecule has 0 spiro atoms. The van der Waals surface area contributed by atoms with Crippen LogP contribution in [0.4, 0.5) is 0 Å². The summed E-state index contributed by atoms with van der Waals surface area (Å²) in [6, 6.07) is -4.19. The summed E-state index contributed by atoms with van der Waals surface area (Å²) < 4.78 is 0. The number of carbonyl (C=O) groups excluding carboxylic acids is 2. The van der Waals surface area contributed by atoms with Gasteiger partial charge in [0.25, 0.3) is 0 Å². The van der Waals surface area contributed by atoms with Crippen LogP contribution < -0.4 is 27.8 Å². The Morgan fingerprint density at radius 3 is 1.93 bits per heavy atom. The van der Waals surface area contributed by atoms with Gasteiger partial charge in [-0.15, -0.1) is 0 Å². The van der Waals surface area contributed by atoms with Crippen molar-refractivity contribution in [2.45, 2.75) is 50.2 Å². The van der Waals surface area contributed by atoms with Crippen molar-refractivity contribution in [3.63, 3.8) is 0 Å². The minimum atomic E-state index is -1.50. The number of nitrogens with two attached hydrogens (primary N) is 3. The number of rotatable bonds is 14. The number of nitrogens with zero attached hydrogens (tertiary/aromatic N) is 1. The lowest BCUT2D eigenvalue weighted by Crippen LogP contribution is -2.54. The van der Waals surface area contributed by atoms with Gasteiger partial charge in [-0.2, -0.15) is 0 Å². The molecule has 0 aliphatic rings. The second kappa shape index (κ2) is 12.9. The van der Waals surface area contributed by atoms with Crippen molar-refractivity contribution >= 4 is 35.7 Å². The summed E-state index contributed by atoms with van der Waals surface area (Å²) in [5, 5.41) is 30.9. The van der Waals surface area contributed by atoms with Crippen LogP contribution in [-0.4, -0.2) is 75.7 Å². The van der Waals surface area contributed by atoms with Gasteiger partial charge in [0.2, 0.25) is 11.8 Å². The Morgan fingerprint density at radius 2 is 1.45 bits per heavy atom. The molecule has 0 heterocycles. The Bertz CT molecular complexity index is 649. The summed E-state index contributed by atoms with van der Waals surface area (Å²) in [7, 11) is 0. The van der Waals surface area contributed by atoms with Crippen LogP contribution in [0, 0.1) is 0 Å². The number of amides is 2. The fraction of sp³-hybridized carbons (Fsp3) is 0.600. The van der Waals surface area contributed by atoms with E-state index in [1.54, 1.807) is 0 Å². The highest BCUT2D eigenvalue weighted by atomic mass is 16.4. The molecule has 14 heteroatoms. The first-order valence-corrected chi connectivity index (χ1v) is 8.52. The van der Waals surface area contributed by atoms with Gasteiger partial charge in [0.1, 0.15) is 12.1 Å². The van der Waals surface area contributed by atoms with E-state index in [1.807, 2.05) is 0 Å². The SMILES string of the molecule is NC(N)=NCCCC(NC(=O)C(N)CC(=O)O)C(=O)NC(CCC(=O)O)C(=O)O. The van der Waals surface area contributed by atoms with E-state index in [1.165, 1.54) is 0 Å². The Kier molecular flexibility index (Phi) is 11.4. The van der Waals surface area contributed by atoms with Crippen molar-refractivity contribution in [2.75, 3.05) is 6.54 Å². The van der Waals surface area contributed by atoms with Gasteiger partial charge < -0.3 is 43.2 Å². The third-order valence-corrected chi connectivity index (χ3v) is 3.57. The number of aliphatic imine (C=N–C) groups is 1. The second-order valence-electron chi connectivity index (χ2n) is 6.05. The maximum atomic E-state index is 12.4. The van der Waals surface area contributed by atoms with Crippen LogP contribution in [0.15, 0.2) is 4.99 Å². The van der Waals surface area contributed by atoms with Gasteiger partial charge in [0.15, 0.2) is 5.96 Å². The van der Waals surface area contributed by atoms with Gasteiger partial charge in [-0.3, -0.25) is 24.2 Å². The van der Waals surface area contributed by atoms with Crippen LogP contribution in [0.25, 0.3) is 0 Å². The molecule has 3 unspecified atom stereocenters. The number of carbonyl (C=O) groups is 5. The average Bonchev–Trinajstić information content (AvgIpc) is 2.59. The molecular weight excluding hydrogens is 392 g/mol. The Hall–Kier alpha value is -3.42. The van der Waals surface area contributed by atoms with Gasteiger partial charge in [0, 0.05) is 13.0 Å². The Balaban J connectivity index is 5.16. The zero-order valence-electron chi connectivity index (χ0n) is 15.5. The highest BCUT2D eigenvalue weighted by molar-refractivity contribution is 5.93. The van der Waals surface area contributed by atoms with Crippen molar-refractivity contribution < 1.29 is 39.3 Å². The third kappa shape index (κ3) is 11.8. The number of hydrogen-bond donors (Lipinski definition) is 8. The highest BCUT2D eigenvalue weighted by Crippen LogP contribution is 2.04. The number of carboxylic acids is 3. The molecule has 0 fully saturated rings. The fourth-order valence-corrected chi connectivity index (χ4v) is 2.13. The van der Waals surface area contributed by atoms with E-state index in [2.05, 4.69) is 15.6 Å². The van der Waals surface area contributed by atoms with Crippen molar-refractivity contribution in [1.29, 1.82) is 0 Å². The maximum Gasteiger partial charge on any atom is 0.326 e. The maximum absolute atomic E-state index is 12.4. The minimum absolute atomic E-state index is 0.0145. The van der Waals surface area contributed by atoms with E-state index >= 15 is 0 Å². The molecule has 0 aromatic heterocycles. The van der Waals surface area contributed by atoms with Crippen LogP contribution in [0.5, 0.6) is 0 Å². The molecule has 0 aliphatic carbocycles. The summed E-state index contributed by atoms with van der Waals surface area (Å²) in [6.07, 6.45) is -1.34. The van der Waals surface area contributed by atoms with Gasteiger partial charge in [-0.25, -0.2) is 4.79 Å². The highest BCUT2D eigenvalue weighted by Gasteiger charge is 2.28. The van der Waals surface area contributed by atoms with Crippen molar-refractivity contribution in [3.8, 4) is 0 Å². The molecule has 3 atom stereocenters. The smallest absolute Gasteiger partial charge is 0.326 e. The molecule has 29 heavy (non-hydrogen) atoms. The Morgan fingerprint density at radius 1 is 0.862 bits per heavy atom. The number of guanidine groups is 1. The first-order valence-electron chi connectivity index (χ1n) is 8.52. The molecule has 0 saturated carbocycles. The molecule has 11 N–H and O–H groups in total. The molecule has 2 amide bonds. The van der Waals surface area contributed by atoms with Crippen molar-refractivity contribution in [2.24, 2.45) is 22.2 Å². The molecule has 14 nitrogen and oxygen atoms in total. The summed E-state index contributed by atoms with van der Waals surface area (Å²) >= 11 is 0. The molecular formula is C15H26N6O8. The van der Waals surface area contributed by atoms with E-state index in [0.717, 1.165) is 0 Å². The van der Waals surface area contributed by atoms with E-state index < -0.39 is 60.7 Å². The zero-order valence-corrected chi connectivity index (χ0v) is 15.5. The van der Waals surface area contributed by atoms with Gasteiger partial charge >= 0.3 is 17.9 Å². The van der Waals surface area contributed by atoms with Gasteiger partial charge in [-0.05, 0) is 19.3 Å². The van der Waals surface area contributed by atoms with Crippen LogP contribution in [0.1, 0.15) is 32.1 Å². The lowest BCUT2D eigenvalue weighted by atomic mass is 10.1. The number of hydrogen-bond acceptors (Lipinski definition) is 7. The number of carboxylic acid groups (broad SMARTS) is 3. The van der Waals surface area contributed by atoms with E-state index in [4.69, 9.17) is 32.5 Å². The Labute approximate surface area is 165 Å². The molecule has 0 aromatic rings. The predicted molar refractivity (Wildman–Crippen MR) is 98.5 cm³/mol. The summed E-state index contributed by atoms with van der Waals surface area (Å²) in [4.78, 5) is 60.7. The van der Waals surface area contributed by atoms with Crippen LogP contribution in [-0.2, 0) is 24.0 Å². The van der Waals surface area contributed by atoms with Crippen LogP contribution in [0.3, 0.4) is 0 Å².